The maximum Gasteiger partial charge on any atom is 0.289 e. The molecule has 1 amide bonds. The van der Waals surface area contributed by atoms with Gasteiger partial charge in [0, 0.05) is 12.6 Å². The second-order valence-corrected chi connectivity index (χ2v) is 4.64. The maximum atomic E-state index is 11.7. The van der Waals surface area contributed by atoms with Gasteiger partial charge in [-0.05, 0) is 33.0 Å². The molecule has 0 bridgehead atoms. The smallest absolute Gasteiger partial charge is 0.289 e. The van der Waals surface area contributed by atoms with Crippen LogP contribution in [-0.2, 0) is 9.53 Å². The number of thiocarbonyl (C=S) groups is 1. The van der Waals surface area contributed by atoms with Crippen LogP contribution in [0.3, 0.4) is 0 Å². The Kier molecular flexibility index (Phi) is 3.29. The summed E-state index contributed by atoms with van der Waals surface area (Å²) < 4.78 is 5.09. The molecule has 0 radical (unpaired) electrons. The Bertz CT molecular complexity index is 289. The summed E-state index contributed by atoms with van der Waals surface area (Å²) in [5.74, 6) is 5.09. The molecule has 0 saturated carbocycles. The highest BCUT2D eigenvalue weighted by atomic mass is 32.1. The molecule has 0 aliphatic carbocycles. The van der Waals surface area contributed by atoms with Crippen molar-refractivity contribution in [3.05, 3.63) is 0 Å². The van der Waals surface area contributed by atoms with Gasteiger partial charge < -0.3 is 4.74 Å². The van der Waals surface area contributed by atoms with E-state index in [0.29, 0.717) is 0 Å². The lowest BCUT2D eigenvalue weighted by molar-refractivity contribution is -0.168. The van der Waals surface area contributed by atoms with Crippen molar-refractivity contribution in [3.63, 3.8) is 0 Å². The monoisotopic (exact) mass is 232 g/mol. The van der Waals surface area contributed by atoms with Gasteiger partial charge in [0.25, 0.3) is 5.91 Å². The molecule has 0 aromatic carbocycles. The number of nitrogens with one attached hydrogen (secondary N) is 1. The fourth-order valence-corrected chi connectivity index (χ4v) is 1.46. The number of nitrogens with zero attached hydrogens (tertiary/aromatic N) is 2. The normalized spacial score (nSPS) is 24.3. The molecular formula is C8H16N4O2S. The quantitative estimate of drug-likeness (QED) is 0.363. The highest BCUT2D eigenvalue weighted by Crippen LogP contribution is 2.19. The summed E-state index contributed by atoms with van der Waals surface area (Å²) in [5, 5.41) is 2.69. The number of ether oxygens (including phenoxy) is 1. The van der Waals surface area contributed by atoms with Crippen molar-refractivity contribution >= 4 is 23.2 Å². The summed E-state index contributed by atoms with van der Waals surface area (Å²) in [5.41, 5.74) is 2.55. The summed E-state index contributed by atoms with van der Waals surface area (Å²) in [6, 6.07) is 0. The molecule has 1 aliphatic rings. The number of rotatable bonds is 1. The maximum absolute atomic E-state index is 11.7. The SMILES string of the molecule is COC1C(=O)N(N)C(=S)NN1C(C)(C)C. The van der Waals surface area contributed by atoms with E-state index in [1.54, 1.807) is 5.01 Å². The van der Waals surface area contributed by atoms with Gasteiger partial charge in [-0.2, -0.15) is 5.01 Å². The molecule has 0 aromatic heterocycles. The Labute approximate surface area is 94.3 Å². The van der Waals surface area contributed by atoms with Crippen molar-refractivity contribution < 1.29 is 9.53 Å². The average molecular weight is 232 g/mol. The van der Waals surface area contributed by atoms with Crippen LogP contribution in [0.1, 0.15) is 20.8 Å². The summed E-state index contributed by atoms with van der Waals surface area (Å²) in [4.78, 5) is 11.7. The van der Waals surface area contributed by atoms with Crippen LogP contribution >= 0.6 is 12.2 Å². The van der Waals surface area contributed by atoms with Gasteiger partial charge in [0.1, 0.15) is 0 Å². The van der Waals surface area contributed by atoms with Crippen molar-refractivity contribution in [3.8, 4) is 0 Å². The molecule has 1 saturated heterocycles. The minimum Gasteiger partial charge on any atom is -0.356 e. The number of nitrogens with two attached hydrogens (primary N) is 1. The van der Waals surface area contributed by atoms with Gasteiger partial charge in [-0.15, -0.1) is 0 Å². The Morgan fingerprint density at radius 1 is 1.53 bits per heavy atom. The second-order valence-electron chi connectivity index (χ2n) is 4.25. The van der Waals surface area contributed by atoms with Crippen molar-refractivity contribution in [2.75, 3.05) is 7.11 Å². The summed E-state index contributed by atoms with van der Waals surface area (Å²) >= 11 is 4.92. The first-order chi connectivity index (χ1) is 6.79. The zero-order valence-electron chi connectivity index (χ0n) is 9.27. The fourth-order valence-electron chi connectivity index (χ4n) is 1.27. The van der Waals surface area contributed by atoms with Crippen LogP contribution < -0.4 is 11.3 Å². The lowest BCUT2D eigenvalue weighted by Crippen LogP contribution is -2.71. The summed E-state index contributed by atoms with van der Waals surface area (Å²) in [7, 11) is 1.45. The fraction of sp³-hybridized carbons (Fsp3) is 0.750. The predicted octanol–water partition coefficient (Wildman–Crippen LogP) is -0.435. The molecule has 86 valence electrons. The van der Waals surface area contributed by atoms with E-state index < -0.39 is 6.23 Å². The lowest BCUT2D eigenvalue weighted by Gasteiger charge is -2.45. The Morgan fingerprint density at radius 3 is 2.47 bits per heavy atom. The van der Waals surface area contributed by atoms with Gasteiger partial charge in [0.05, 0.1) is 0 Å². The first-order valence-corrected chi connectivity index (χ1v) is 4.91. The largest absolute Gasteiger partial charge is 0.356 e. The molecule has 1 rings (SSSR count). The zero-order chi connectivity index (χ0) is 11.8. The van der Waals surface area contributed by atoms with Crippen LogP contribution in [0.5, 0.6) is 0 Å². The van der Waals surface area contributed by atoms with Crippen molar-refractivity contribution in [1.29, 1.82) is 0 Å². The molecule has 1 atom stereocenters. The van der Waals surface area contributed by atoms with Gasteiger partial charge in [-0.3, -0.25) is 10.2 Å². The molecule has 1 unspecified atom stereocenters. The minimum atomic E-state index is -0.762. The van der Waals surface area contributed by atoms with Gasteiger partial charge >= 0.3 is 0 Å². The lowest BCUT2D eigenvalue weighted by atomic mass is 10.1. The van der Waals surface area contributed by atoms with E-state index in [1.165, 1.54) is 7.11 Å². The van der Waals surface area contributed by atoms with E-state index in [4.69, 9.17) is 22.8 Å². The average Bonchev–Trinajstić information content (AvgIpc) is 2.12. The predicted molar refractivity (Wildman–Crippen MR) is 59.2 cm³/mol. The molecule has 15 heavy (non-hydrogen) atoms. The Morgan fingerprint density at radius 2 is 2.07 bits per heavy atom. The van der Waals surface area contributed by atoms with Crippen LogP contribution in [0.2, 0.25) is 0 Å². The molecule has 7 heteroatoms. The van der Waals surface area contributed by atoms with E-state index in [2.05, 4.69) is 5.43 Å². The molecular weight excluding hydrogens is 216 g/mol. The van der Waals surface area contributed by atoms with Gasteiger partial charge in [0.2, 0.25) is 11.3 Å². The van der Waals surface area contributed by atoms with Crippen molar-refractivity contribution in [2.45, 2.75) is 32.5 Å². The number of amides is 1. The molecule has 0 aromatic rings. The zero-order valence-corrected chi connectivity index (χ0v) is 10.1. The standard InChI is InChI=1S/C8H16N4O2S/c1-8(2,3)12-6(14-4)5(13)11(9)7(15)10-12/h6H,9H2,1-4H3,(H,10,15). The molecule has 1 fully saturated rings. The molecule has 1 aliphatic heterocycles. The second kappa shape index (κ2) is 4.01. The first kappa shape index (κ1) is 12.3. The van der Waals surface area contributed by atoms with Crippen molar-refractivity contribution in [2.24, 2.45) is 5.84 Å². The number of carbonyl (C=O) groups is 1. The highest BCUT2D eigenvalue weighted by molar-refractivity contribution is 7.80. The third-order valence-corrected chi connectivity index (χ3v) is 2.35. The van der Waals surface area contributed by atoms with Crippen LogP contribution in [0.4, 0.5) is 0 Å². The van der Waals surface area contributed by atoms with Crippen LogP contribution in [-0.4, -0.2) is 39.9 Å². The van der Waals surface area contributed by atoms with E-state index in [0.717, 1.165) is 5.01 Å². The van der Waals surface area contributed by atoms with Crippen LogP contribution in [0.15, 0.2) is 0 Å². The van der Waals surface area contributed by atoms with Gasteiger partial charge in [0.15, 0.2) is 0 Å². The Hall–Kier alpha value is -0.760. The number of hydrogen-bond acceptors (Lipinski definition) is 5. The number of hydrogen-bond donors (Lipinski definition) is 2. The third-order valence-electron chi connectivity index (χ3n) is 2.06. The molecule has 6 nitrogen and oxygen atoms in total. The van der Waals surface area contributed by atoms with E-state index in [-0.39, 0.29) is 16.6 Å². The van der Waals surface area contributed by atoms with Crippen molar-refractivity contribution in [1.82, 2.24) is 15.4 Å². The van der Waals surface area contributed by atoms with Crippen LogP contribution in [0.25, 0.3) is 0 Å². The van der Waals surface area contributed by atoms with Crippen LogP contribution in [0, 0.1) is 0 Å². The summed E-state index contributed by atoms with van der Waals surface area (Å²) in [6.45, 7) is 5.82. The van der Waals surface area contributed by atoms with Gasteiger partial charge in [-0.25, -0.2) is 10.9 Å². The molecule has 1 heterocycles. The first-order valence-electron chi connectivity index (χ1n) is 4.50. The number of carbonyl (C=O) groups excluding carboxylic acids is 1. The topological polar surface area (TPSA) is 70.8 Å². The van der Waals surface area contributed by atoms with E-state index >= 15 is 0 Å². The number of hydrazine groups is 2. The van der Waals surface area contributed by atoms with E-state index in [9.17, 15) is 4.79 Å². The Balaban J connectivity index is 2.98. The summed E-state index contributed by atoms with van der Waals surface area (Å²) in [6.07, 6.45) is -0.762. The molecule has 0 spiro atoms. The minimum absolute atomic E-state index is 0.170. The third kappa shape index (κ3) is 2.25. The number of methoxy groups -OCH3 is 1. The van der Waals surface area contributed by atoms with Gasteiger partial charge in [-0.1, -0.05) is 0 Å². The molecule has 3 N–H and O–H groups in total. The van der Waals surface area contributed by atoms with E-state index in [1.807, 2.05) is 20.8 Å². The highest BCUT2D eigenvalue weighted by Gasteiger charge is 2.41.